The lowest BCUT2D eigenvalue weighted by Gasteiger charge is -2.42. The highest BCUT2D eigenvalue weighted by molar-refractivity contribution is 5.30. The first kappa shape index (κ1) is 13.1. The molecule has 1 saturated heterocycles. The van der Waals surface area contributed by atoms with Crippen molar-refractivity contribution in [1.29, 1.82) is 0 Å². The van der Waals surface area contributed by atoms with E-state index in [1.165, 1.54) is 37.9 Å². The van der Waals surface area contributed by atoms with Crippen molar-refractivity contribution in [2.45, 2.75) is 38.3 Å². The van der Waals surface area contributed by atoms with E-state index >= 15 is 0 Å². The van der Waals surface area contributed by atoms with Crippen LogP contribution in [0.4, 0.5) is 0 Å². The largest absolute Gasteiger partial charge is 0.353 e. The van der Waals surface area contributed by atoms with Crippen molar-refractivity contribution >= 4 is 0 Å². The van der Waals surface area contributed by atoms with E-state index in [1.54, 1.807) is 11.1 Å². The quantitative estimate of drug-likeness (QED) is 0.818. The van der Waals surface area contributed by atoms with Gasteiger partial charge < -0.3 is 4.57 Å². The molecule has 1 aliphatic carbocycles. The van der Waals surface area contributed by atoms with Crippen LogP contribution in [0.3, 0.4) is 0 Å². The summed E-state index contributed by atoms with van der Waals surface area (Å²) in [6, 6.07) is 14.2. The van der Waals surface area contributed by atoms with E-state index in [4.69, 9.17) is 0 Å². The molecule has 110 valence electrons. The maximum Gasteiger partial charge on any atom is 0.0390 e. The van der Waals surface area contributed by atoms with Gasteiger partial charge in [0.15, 0.2) is 0 Å². The van der Waals surface area contributed by atoms with Crippen LogP contribution in [0, 0.1) is 5.92 Å². The van der Waals surface area contributed by atoms with Crippen molar-refractivity contribution in [3.05, 3.63) is 59.4 Å². The molecule has 0 amide bonds. The minimum atomic E-state index is 0.720. The number of piperidine rings is 1. The topological polar surface area (TPSA) is 8.17 Å². The highest BCUT2D eigenvalue weighted by Crippen LogP contribution is 2.32. The van der Waals surface area contributed by atoms with E-state index in [0.717, 1.165) is 18.5 Å². The molecule has 1 aromatic carbocycles. The lowest BCUT2D eigenvalue weighted by Crippen LogP contribution is -2.46. The molecule has 0 spiro atoms. The molecule has 0 radical (unpaired) electrons. The van der Waals surface area contributed by atoms with Crippen LogP contribution in [0.5, 0.6) is 0 Å². The fourth-order valence-electron chi connectivity index (χ4n) is 4.16. The number of nitrogens with zero attached hydrogens (tertiary/aromatic N) is 2. The fraction of sp³-hybridized carbons (Fsp3) is 0.474. The number of rotatable bonds is 2. The van der Waals surface area contributed by atoms with Gasteiger partial charge in [0.05, 0.1) is 0 Å². The minimum Gasteiger partial charge on any atom is -0.353 e. The molecule has 5 rings (SSSR count). The van der Waals surface area contributed by atoms with Crippen molar-refractivity contribution in [1.82, 2.24) is 9.47 Å². The summed E-state index contributed by atoms with van der Waals surface area (Å²) in [6.45, 7) is 2.37. The second-order valence-corrected chi connectivity index (χ2v) is 6.81. The molecule has 2 aliphatic heterocycles. The number of hydrogen-bond donors (Lipinski definition) is 0. The average molecular weight is 280 g/mol. The Hall–Kier alpha value is -1.54. The summed E-state index contributed by atoms with van der Waals surface area (Å²) in [5, 5.41) is 0. The third-order valence-corrected chi connectivity index (χ3v) is 5.42. The van der Waals surface area contributed by atoms with E-state index in [9.17, 15) is 0 Å². The molecular weight excluding hydrogens is 256 g/mol. The second kappa shape index (κ2) is 5.34. The molecule has 2 bridgehead atoms. The van der Waals surface area contributed by atoms with Gasteiger partial charge in [0, 0.05) is 38.1 Å². The Bertz CT molecular complexity index is 628. The molecule has 1 aromatic heterocycles. The Labute approximate surface area is 127 Å². The van der Waals surface area contributed by atoms with Gasteiger partial charge in [0.25, 0.3) is 0 Å². The maximum atomic E-state index is 2.74. The van der Waals surface area contributed by atoms with E-state index in [-0.39, 0.29) is 0 Å². The van der Waals surface area contributed by atoms with E-state index < -0.39 is 0 Å². The molecule has 1 fully saturated rings. The maximum absolute atomic E-state index is 2.74. The molecular formula is C19H24N2. The SMILES string of the molecule is Cn1cccc1CN1C[C@@H]2CC[C@@H]1Cc1ccccc1C2. The fourth-order valence-corrected chi connectivity index (χ4v) is 4.16. The first-order valence-electron chi connectivity index (χ1n) is 8.20. The second-order valence-electron chi connectivity index (χ2n) is 6.81. The van der Waals surface area contributed by atoms with Gasteiger partial charge in [0.1, 0.15) is 0 Å². The van der Waals surface area contributed by atoms with Gasteiger partial charge in [-0.2, -0.15) is 0 Å². The van der Waals surface area contributed by atoms with Crippen LogP contribution in [-0.4, -0.2) is 22.1 Å². The van der Waals surface area contributed by atoms with E-state index in [0.29, 0.717) is 0 Å². The molecule has 3 heterocycles. The van der Waals surface area contributed by atoms with Gasteiger partial charge in [-0.25, -0.2) is 0 Å². The standard InChI is InChI=1S/C19H24N2/c1-20-10-4-7-19(20)14-21-13-15-8-9-18(21)12-17-6-3-2-5-16(17)11-15/h2-7,10,15,18H,8-9,11-14H2,1H3/t15-,18-/m1/s1. The first-order chi connectivity index (χ1) is 10.3. The molecule has 3 aliphatic rings. The third kappa shape index (κ3) is 2.53. The van der Waals surface area contributed by atoms with Gasteiger partial charge in [-0.3, -0.25) is 4.90 Å². The van der Waals surface area contributed by atoms with Crippen molar-refractivity contribution < 1.29 is 0 Å². The Balaban J connectivity index is 1.60. The summed E-state index contributed by atoms with van der Waals surface area (Å²) in [4.78, 5) is 2.74. The minimum absolute atomic E-state index is 0.720. The number of hydrogen-bond acceptors (Lipinski definition) is 1. The van der Waals surface area contributed by atoms with Gasteiger partial charge in [0.2, 0.25) is 0 Å². The van der Waals surface area contributed by atoms with Crippen LogP contribution in [0.15, 0.2) is 42.6 Å². The molecule has 0 N–H and O–H groups in total. The van der Waals surface area contributed by atoms with Gasteiger partial charge in [-0.05, 0) is 54.9 Å². The Morgan fingerprint density at radius 2 is 1.81 bits per heavy atom. The Kier molecular flexibility index (Phi) is 3.34. The van der Waals surface area contributed by atoms with E-state index in [2.05, 4.69) is 59.1 Å². The van der Waals surface area contributed by atoms with Crippen LogP contribution in [-0.2, 0) is 26.4 Å². The van der Waals surface area contributed by atoms with Crippen molar-refractivity contribution in [3.8, 4) is 0 Å². The molecule has 0 unspecified atom stereocenters. The highest BCUT2D eigenvalue weighted by Gasteiger charge is 2.31. The highest BCUT2D eigenvalue weighted by atomic mass is 15.2. The molecule has 2 heteroatoms. The zero-order chi connectivity index (χ0) is 14.2. The molecule has 2 nitrogen and oxygen atoms in total. The number of aryl methyl sites for hydroxylation is 1. The average Bonchev–Trinajstić information content (AvgIpc) is 2.85. The van der Waals surface area contributed by atoms with Gasteiger partial charge in [-0.15, -0.1) is 0 Å². The monoisotopic (exact) mass is 280 g/mol. The molecule has 2 atom stereocenters. The van der Waals surface area contributed by atoms with Crippen LogP contribution < -0.4 is 0 Å². The summed E-state index contributed by atoms with van der Waals surface area (Å²) in [7, 11) is 2.16. The van der Waals surface area contributed by atoms with Crippen LogP contribution >= 0.6 is 0 Å². The number of aromatic nitrogens is 1. The van der Waals surface area contributed by atoms with Gasteiger partial charge >= 0.3 is 0 Å². The van der Waals surface area contributed by atoms with Crippen molar-refractivity contribution in [2.24, 2.45) is 13.0 Å². The predicted octanol–water partition coefficient (Wildman–Crippen LogP) is 3.40. The Morgan fingerprint density at radius 3 is 2.57 bits per heavy atom. The third-order valence-electron chi connectivity index (χ3n) is 5.42. The number of fused-ring (bicyclic) bond motifs is 2. The molecule has 0 saturated carbocycles. The smallest absolute Gasteiger partial charge is 0.0390 e. The van der Waals surface area contributed by atoms with Crippen LogP contribution in [0.2, 0.25) is 0 Å². The van der Waals surface area contributed by atoms with Crippen LogP contribution in [0.1, 0.15) is 29.7 Å². The summed E-state index contributed by atoms with van der Waals surface area (Å²) in [5.74, 6) is 0.836. The molecule has 21 heavy (non-hydrogen) atoms. The first-order valence-corrected chi connectivity index (χ1v) is 8.20. The summed E-state index contributed by atoms with van der Waals surface area (Å²) in [5.41, 5.74) is 4.63. The lowest BCUT2D eigenvalue weighted by atomic mass is 9.80. The van der Waals surface area contributed by atoms with Crippen LogP contribution in [0.25, 0.3) is 0 Å². The summed E-state index contributed by atoms with van der Waals surface area (Å²) in [6.07, 6.45) is 7.43. The van der Waals surface area contributed by atoms with E-state index in [1.807, 2.05) is 0 Å². The van der Waals surface area contributed by atoms with Crippen molar-refractivity contribution in [3.63, 3.8) is 0 Å². The van der Waals surface area contributed by atoms with Crippen molar-refractivity contribution in [2.75, 3.05) is 6.54 Å². The summed E-state index contributed by atoms with van der Waals surface area (Å²) >= 11 is 0. The zero-order valence-corrected chi connectivity index (χ0v) is 12.8. The lowest BCUT2D eigenvalue weighted by molar-refractivity contribution is 0.0917. The predicted molar refractivity (Wildman–Crippen MR) is 86.2 cm³/mol. The normalized spacial score (nSPS) is 25.4. The van der Waals surface area contributed by atoms with Gasteiger partial charge in [-0.1, -0.05) is 24.3 Å². The number of benzene rings is 1. The molecule has 2 aromatic rings. The summed E-state index contributed by atoms with van der Waals surface area (Å²) < 4.78 is 2.26. The Morgan fingerprint density at radius 1 is 1.00 bits per heavy atom. The zero-order valence-electron chi connectivity index (χ0n) is 12.8.